The van der Waals surface area contributed by atoms with Crippen LogP contribution < -0.4 is 0 Å². The second kappa shape index (κ2) is 8.47. The van der Waals surface area contributed by atoms with E-state index in [-0.39, 0.29) is 11.3 Å². The van der Waals surface area contributed by atoms with Crippen LogP contribution in [0.25, 0.3) is 11.4 Å². The third kappa shape index (κ3) is 3.73. The van der Waals surface area contributed by atoms with Crippen molar-refractivity contribution >= 4 is 17.4 Å². The zero-order valence-corrected chi connectivity index (χ0v) is 18.6. The van der Waals surface area contributed by atoms with Crippen LogP contribution >= 0.6 is 0 Å². The summed E-state index contributed by atoms with van der Waals surface area (Å²) in [6.45, 7) is 4.49. The van der Waals surface area contributed by atoms with Crippen LogP contribution in [0.15, 0.2) is 58.7 Å². The molecule has 3 heterocycles. The summed E-state index contributed by atoms with van der Waals surface area (Å²) in [5, 5.41) is 15.6. The van der Waals surface area contributed by atoms with Crippen LogP contribution in [0.2, 0.25) is 0 Å². The highest BCUT2D eigenvalue weighted by molar-refractivity contribution is 6.46. The van der Waals surface area contributed by atoms with Gasteiger partial charge in [-0.3, -0.25) is 9.59 Å². The summed E-state index contributed by atoms with van der Waals surface area (Å²) < 4.78 is 7.48. The number of ketones is 1. The number of aliphatic hydroxyl groups is 1. The summed E-state index contributed by atoms with van der Waals surface area (Å²) in [5.74, 6) is -0.538. The smallest absolute Gasteiger partial charge is 0.295 e. The number of aromatic nitrogens is 2. The van der Waals surface area contributed by atoms with Crippen LogP contribution in [-0.2, 0) is 9.59 Å². The Bertz CT molecular complexity index is 1190. The number of amides is 1. The molecule has 4 rings (SSSR count). The number of likely N-dealkylation sites (tertiary alicyclic amines) is 1. The van der Waals surface area contributed by atoms with Gasteiger partial charge >= 0.3 is 0 Å². The van der Waals surface area contributed by atoms with Gasteiger partial charge in [0.1, 0.15) is 23.3 Å². The van der Waals surface area contributed by atoms with Gasteiger partial charge in [0.25, 0.3) is 11.7 Å². The highest BCUT2D eigenvalue weighted by atomic mass is 16.3. The van der Waals surface area contributed by atoms with Crippen molar-refractivity contribution in [2.75, 3.05) is 27.2 Å². The molecule has 0 saturated carbocycles. The Hall–Kier alpha value is -3.65. The molecule has 1 amide bonds. The summed E-state index contributed by atoms with van der Waals surface area (Å²) in [6.07, 6.45) is 1.51. The van der Waals surface area contributed by atoms with E-state index in [2.05, 4.69) is 5.10 Å². The number of hydrogen-bond acceptors (Lipinski definition) is 6. The van der Waals surface area contributed by atoms with E-state index in [1.807, 2.05) is 56.3 Å². The summed E-state index contributed by atoms with van der Waals surface area (Å²) in [6, 6.07) is 12.2. The van der Waals surface area contributed by atoms with Crippen LogP contribution in [0, 0.1) is 13.8 Å². The van der Waals surface area contributed by atoms with Gasteiger partial charge in [-0.25, -0.2) is 4.68 Å². The Kier molecular flexibility index (Phi) is 5.71. The lowest BCUT2D eigenvalue weighted by molar-refractivity contribution is -0.140. The number of para-hydroxylation sites is 1. The van der Waals surface area contributed by atoms with Gasteiger partial charge in [-0.15, -0.1) is 0 Å². The van der Waals surface area contributed by atoms with Crippen molar-refractivity contribution in [2.45, 2.75) is 19.9 Å². The average molecular weight is 434 g/mol. The van der Waals surface area contributed by atoms with Crippen molar-refractivity contribution in [1.82, 2.24) is 19.6 Å². The fourth-order valence-corrected chi connectivity index (χ4v) is 3.93. The van der Waals surface area contributed by atoms with Gasteiger partial charge < -0.3 is 19.3 Å². The minimum atomic E-state index is -0.803. The molecule has 166 valence electrons. The number of furan rings is 1. The van der Waals surface area contributed by atoms with Crippen LogP contribution in [0.5, 0.6) is 0 Å². The number of carbonyl (C=O) groups excluding carboxylic acids is 2. The number of aliphatic hydroxyl groups excluding tert-OH is 1. The summed E-state index contributed by atoms with van der Waals surface area (Å²) >= 11 is 0. The van der Waals surface area contributed by atoms with Crippen molar-refractivity contribution in [1.29, 1.82) is 0 Å². The SMILES string of the molecule is Cc1ccc([C@@H]2/C(=C(\O)c3cnn(-c4ccccc4)c3C)C(=O)C(=O)N2CCN(C)C)o1. The van der Waals surface area contributed by atoms with Gasteiger partial charge in [-0.2, -0.15) is 5.10 Å². The number of nitrogens with zero attached hydrogens (tertiary/aromatic N) is 4. The number of rotatable bonds is 6. The number of hydrogen-bond donors (Lipinski definition) is 1. The molecule has 8 nitrogen and oxygen atoms in total. The first-order chi connectivity index (χ1) is 15.3. The van der Waals surface area contributed by atoms with Crippen molar-refractivity contribution in [3.8, 4) is 5.69 Å². The van der Waals surface area contributed by atoms with Crippen LogP contribution in [0.4, 0.5) is 0 Å². The summed E-state index contributed by atoms with van der Waals surface area (Å²) in [7, 11) is 3.79. The molecule has 0 bridgehead atoms. The molecule has 1 aliphatic heterocycles. The molecule has 1 atom stereocenters. The molecule has 2 aromatic heterocycles. The van der Waals surface area contributed by atoms with E-state index >= 15 is 0 Å². The van der Waals surface area contributed by atoms with E-state index < -0.39 is 17.7 Å². The minimum absolute atomic E-state index is 0.0128. The number of aryl methyl sites for hydroxylation is 1. The highest BCUT2D eigenvalue weighted by Crippen LogP contribution is 2.40. The van der Waals surface area contributed by atoms with Gasteiger partial charge in [0, 0.05) is 13.1 Å². The Morgan fingerprint density at radius 2 is 1.84 bits per heavy atom. The van der Waals surface area contributed by atoms with Crippen molar-refractivity contribution < 1.29 is 19.1 Å². The van der Waals surface area contributed by atoms with Gasteiger partial charge in [0.15, 0.2) is 0 Å². The van der Waals surface area contributed by atoms with Crippen molar-refractivity contribution in [2.24, 2.45) is 0 Å². The molecule has 0 radical (unpaired) electrons. The van der Waals surface area contributed by atoms with Crippen LogP contribution in [-0.4, -0.2) is 63.6 Å². The van der Waals surface area contributed by atoms with Crippen LogP contribution in [0.3, 0.4) is 0 Å². The normalized spacial score (nSPS) is 18.2. The second-order valence-corrected chi connectivity index (χ2v) is 8.14. The molecule has 0 spiro atoms. The Balaban J connectivity index is 1.83. The van der Waals surface area contributed by atoms with Gasteiger partial charge in [-0.1, -0.05) is 18.2 Å². The quantitative estimate of drug-likeness (QED) is 0.364. The van der Waals surface area contributed by atoms with E-state index in [0.29, 0.717) is 35.9 Å². The molecule has 1 saturated heterocycles. The number of likely N-dealkylation sites (N-methyl/N-ethyl adjacent to an activating group) is 1. The number of benzene rings is 1. The first kappa shape index (κ1) is 21.6. The predicted molar refractivity (Wildman–Crippen MR) is 119 cm³/mol. The van der Waals surface area contributed by atoms with Gasteiger partial charge in [0.05, 0.1) is 28.7 Å². The van der Waals surface area contributed by atoms with Crippen molar-refractivity contribution in [3.63, 3.8) is 0 Å². The van der Waals surface area contributed by atoms with E-state index in [4.69, 9.17) is 4.42 Å². The molecule has 0 unspecified atom stereocenters. The largest absolute Gasteiger partial charge is 0.507 e. The fraction of sp³-hybridized carbons (Fsp3) is 0.292. The fourth-order valence-electron chi connectivity index (χ4n) is 3.93. The molecule has 1 N–H and O–H groups in total. The maximum Gasteiger partial charge on any atom is 0.295 e. The molecule has 3 aromatic rings. The molecular weight excluding hydrogens is 408 g/mol. The lowest BCUT2D eigenvalue weighted by Crippen LogP contribution is -2.35. The van der Waals surface area contributed by atoms with Gasteiger partial charge in [0.2, 0.25) is 0 Å². The van der Waals surface area contributed by atoms with Crippen LogP contribution in [0.1, 0.15) is 28.8 Å². The van der Waals surface area contributed by atoms with E-state index in [0.717, 1.165) is 5.69 Å². The molecule has 1 aliphatic rings. The Morgan fingerprint density at radius 1 is 1.12 bits per heavy atom. The van der Waals surface area contributed by atoms with Gasteiger partial charge in [-0.05, 0) is 52.2 Å². The summed E-state index contributed by atoms with van der Waals surface area (Å²) in [4.78, 5) is 29.4. The Labute approximate surface area is 186 Å². The number of carbonyl (C=O) groups is 2. The minimum Gasteiger partial charge on any atom is -0.507 e. The second-order valence-electron chi connectivity index (χ2n) is 8.14. The molecular formula is C24H26N4O4. The zero-order valence-electron chi connectivity index (χ0n) is 18.6. The zero-order chi connectivity index (χ0) is 23.0. The maximum absolute atomic E-state index is 13.1. The van der Waals surface area contributed by atoms with E-state index in [1.165, 1.54) is 11.1 Å². The van der Waals surface area contributed by atoms with Crippen molar-refractivity contribution in [3.05, 3.63) is 77.0 Å². The number of Topliss-reactive ketones (excluding diaryl/α,β-unsaturated/α-hetero) is 1. The first-order valence-electron chi connectivity index (χ1n) is 10.4. The molecule has 1 fully saturated rings. The Morgan fingerprint density at radius 3 is 2.47 bits per heavy atom. The highest BCUT2D eigenvalue weighted by Gasteiger charge is 2.47. The lowest BCUT2D eigenvalue weighted by atomic mass is 9.99. The lowest BCUT2D eigenvalue weighted by Gasteiger charge is -2.24. The third-order valence-corrected chi connectivity index (χ3v) is 5.62. The summed E-state index contributed by atoms with van der Waals surface area (Å²) in [5.41, 5.74) is 1.89. The topological polar surface area (TPSA) is 91.8 Å². The molecule has 8 heteroatoms. The third-order valence-electron chi connectivity index (χ3n) is 5.62. The molecule has 32 heavy (non-hydrogen) atoms. The molecule has 1 aromatic carbocycles. The first-order valence-corrected chi connectivity index (χ1v) is 10.4. The predicted octanol–water partition coefficient (Wildman–Crippen LogP) is 3.07. The molecule has 0 aliphatic carbocycles. The monoisotopic (exact) mass is 434 g/mol. The van der Waals surface area contributed by atoms with E-state index in [1.54, 1.807) is 23.7 Å². The standard InChI is InChI=1S/C24H26N4O4/c1-15-10-11-19(32-15)21-20(23(30)24(31)27(21)13-12-26(3)4)22(29)18-14-25-28(16(18)2)17-8-6-5-7-9-17/h5-11,14,21,29H,12-13H2,1-4H3/b22-20+/t21-/m1/s1. The maximum atomic E-state index is 13.1. The van der Waals surface area contributed by atoms with E-state index in [9.17, 15) is 14.7 Å². The average Bonchev–Trinajstić information content (AvgIpc) is 3.43.